The third-order valence-electron chi connectivity index (χ3n) is 3.29. The first kappa shape index (κ1) is 19.8. The molecule has 116 valence electrons. The van der Waals surface area contributed by atoms with E-state index in [-0.39, 0.29) is 18.4 Å². The maximum atomic E-state index is 10.4. The van der Waals surface area contributed by atoms with Crippen molar-refractivity contribution in [3.63, 3.8) is 0 Å². The average Bonchev–Trinajstić information content (AvgIpc) is 2.44. The zero-order chi connectivity index (χ0) is 14.1. The molecule has 1 aromatic rings. The Morgan fingerprint density at radius 2 is 1.80 bits per heavy atom. The lowest BCUT2D eigenvalue weighted by Gasteiger charge is -2.23. The van der Waals surface area contributed by atoms with Gasteiger partial charge in [0.05, 0.1) is 6.10 Å². The van der Waals surface area contributed by atoms with Gasteiger partial charge in [-0.2, -0.15) is 0 Å². The van der Waals surface area contributed by atoms with Crippen LogP contribution in [0.3, 0.4) is 0 Å². The molecule has 0 saturated heterocycles. The van der Waals surface area contributed by atoms with E-state index in [1.807, 2.05) is 23.9 Å². The van der Waals surface area contributed by atoms with E-state index in [1.54, 1.807) is 0 Å². The standard InChI is InChI=1S/C16H27NOS.ClH/c1-4-7-12-17-15(5-2)16(18)13-8-10-14(11-9-13)19-6-3;/h8-11,15-18H,4-7,12H2,1-3H3;1H. The Balaban J connectivity index is 0.00000361. The molecule has 0 spiro atoms. The molecular formula is C16H28ClNOS. The van der Waals surface area contributed by atoms with Gasteiger partial charge < -0.3 is 10.4 Å². The second-order valence-corrected chi connectivity index (χ2v) is 6.11. The van der Waals surface area contributed by atoms with Crippen molar-refractivity contribution in [1.82, 2.24) is 5.32 Å². The van der Waals surface area contributed by atoms with E-state index < -0.39 is 6.10 Å². The Morgan fingerprint density at radius 1 is 1.15 bits per heavy atom. The number of aliphatic hydroxyl groups excluding tert-OH is 1. The van der Waals surface area contributed by atoms with Gasteiger partial charge in [-0.25, -0.2) is 0 Å². The van der Waals surface area contributed by atoms with Crippen molar-refractivity contribution in [2.75, 3.05) is 12.3 Å². The van der Waals surface area contributed by atoms with E-state index in [2.05, 4.69) is 38.2 Å². The molecule has 0 bridgehead atoms. The zero-order valence-corrected chi connectivity index (χ0v) is 14.4. The summed E-state index contributed by atoms with van der Waals surface area (Å²) in [4.78, 5) is 1.27. The normalized spacial score (nSPS) is 13.6. The number of nitrogens with one attached hydrogen (secondary N) is 1. The van der Waals surface area contributed by atoms with Crippen LogP contribution in [-0.2, 0) is 0 Å². The Labute approximate surface area is 134 Å². The highest BCUT2D eigenvalue weighted by Gasteiger charge is 2.18. The van der Waals surface area contributed by atoms with Crippen molar-refractivity contribution < 1.29 is 5.11 Å². The van der Waals surface area contributed by atoms with E-state index in [0.29, 0.717) is 0 Å². The Kier molecular flexibility index (Phi) is 11.3. The van der Waals surface area contributed by atoms with Gasteiger partial charge in [0.15, 0.2) is 0 Å². The first-order valence-corrected chi connectivity index (χ1v) is 8.35. The van der Waals surface area contributed by atoms with Crippen molar-refractivity contribution in [3.8, 4) is 0 Å². The van der Waals surface area contributed by atoms with E-state index >= 15 is 0 Å². The summed E-state index contributed by atoms with van der Waals surface area (Å²) < 4.78 is 0. The Morgan fingerprint density at radius 3 is 2.30 bits per heavy atom. The monoisotopic (exact) mass is 317 g/mol. The first-order chi connectivity index (χ1) is 9.22. The molecule has 1 aromatic carbocycles. The lowest BCUT2D eigenvalue weighted by molar-refractivity contribution is 0.126. The summed E-state index contributed by atoms with van der Waals surface area (Å²) >= 11 is 1.83. The molecule has 2 N–H and O–H groups in total. The van der Waals surface area contributed by atoms with Crippen LogP contribution in [0.15, 0.2) is 29.2 Å². The van der Waals surface area contributed by atoms with Gasteiger partial charge in [0.25, 0.3) is 0 Å². The number of rotatable bonds is 9. The second-order valence-electron chi connectivity index (χ2n) is 4.77. The highest BCUT2D eigenvalue weighted by atomic mass is 35.5. The summed E-state index contributed by atoms with van der Waals surface area (Å²) in [6.45, 7) is 7.44. The topological polar surface area (TPSA) is 32.3 Å². The summed E-state index contributed by atoms with van der Waals surface area (Å²) in [5.74, 6) is 1.08. The van der Waals surface area contributed by atoms with Crippen LogP contribution in [0.2, 0.25) is 0 Å². The van der Waals surface area contributed by atoms with Gasteiger partial charge in [-0.05, 0) is 42.8 Å². The molecule has 20 heavy (non-hydrogen) atoms. The number of hydrogen-bond donors (Lipinski definition) is 2. The fraction of sp³-hybridized carbons (Fsp3) is 0.625. The zero-order valence-electron chi connectivity index (χ0n) is 12.8. The molecule has 2 nitrogen and oxygen atoms in total. The van der Waals surface area contributed by atoms with Gasteiger partial charge in [0.1, 0.15) is 0 Å². The summed E-state index contributed by atoms with van der Waals surface area (Å²) in [6.07, 6.45) is 2.87. The highest BCUT2D eigenvalue weighted by Crippen LogP contribution is 2.23. The van der Waals surface area contributed by atoms with Gasteiger partial charge in [-0.15, -0.1) is 24.2 Å². The minimum Gasteiger partial charge on any atom is -0.387 e. The van der Waals surface area contributed by atoms with Crippen molar-refractivity contribution in [3.05, 3.63) is 29.8 Å². The molecule has 4 heteroatoms. The Bertz CT molecular complexity index is 345. The van der Waals surface area contributed by atoms with Crippen LogP contribution in [0, 0.1) is 0 Å². The lowest BCUT2D eigenvalue weighted by Crippen LogP contribution is -2.35. The fourth-order valence-corrected chi connectivity index (χ4v) is 2.77. The van der Waals surface area contributed by atoms with Crippen LogP contribution in [0.4, 0.5) is 0 Å². The molecule has 0 aliphatic rings. The molecule has 0 heterocycles. The molecule has 2 atom stereocenters. The number of unbranched alkanes of at least 4 members (excludes halogenated alkanes) is 1. The summed E-state index contributed by atoms with van der Waals surface area (Å²) in [5.41, 5.74) is 1.01. The van der Waals surface area contributed by atoms with Crippen molar-refractivity contribution in [2.24, 2.45) is 0 Å². The fourth-order valence-electron chi connectivity index (χ4n) is 2.10. The third-order valence-corrected chi connectivity index (χ3v) is 4.18. The van der Waals surface area contributed by atoms with Crippen LogP contribution < -0.4 is 5.32 Å². The number of halogens is 1. The van der Waals surface area contributed by atoms with Crippen LogP contribution in [0.1, 0.15) is 51.7 Å². The van der Waals surface area contributed by atoms with Crippen LogP contribution >= 0.6 is 24.2 Å². The van der Waals surface area contributed by atoms with Gasteiger partial charge in [-0.3, -0.25) is 0 Å². The van der Waals surface area contributed by atoms with Crippen LogP contribution in [0.25, 0.3) is 0 Å². The van der Waals surface area contributed by atoms with Crippen LogP contribution in [0.5, 0.6) is 0 Å². The minimum atomic E-state index is -0.414. The number of hydrogen-bond acceptors (Lipinski definition) is 3. The minimum absolute atomic E-state index is 0. The number of benzene rings is 1. The lowest BCUT2D eigenvalue weighted by atomic mass is 10.0. The first-order valence-electron chi connectivity index (χ1n) is 7.37. The molecule has 2 unspecified atom stereocenters. The predicted octanol–water partition coefficient (Wildman–Crippen LogP) is 4.42. The molecule has 0 fully saturated rings. The third kappa shape index (κ3) is 6.49. The van der Waals surface area contributed by atoms with Crippen LogP contribution in [-0.4, -0.2) is 23.4 Å². The molecule has 1 rings (SSSR count). The van der Waals surface area contributed by atoms with Gasteiger partial charge in [0, 0.05) is 10.9 Å². The molecule has 0 saturated carbocycles. The maximum Gasteiger partial charge on any atom is 0.0942 e. The van der Waals surface area contributed by atoms with Crippen molar-refractivity contribution in [1.29, 1.82) is 0 Å². The maximum absolute atomic E-state index is 10.4. The molecule has 0 aromatic heterocycles. The molecule has 0 radical (unpaired) electrons. The SMILES string of the molecule is CCCCNC(CC)C(O)c1ccc(SCC)cc1.Cl. The van der Waals surface area contributed by atoms with E-state index in [9.17, 15) is 5.11 Å². The van der Waals surface area contributed by atoms with E-state index in [4.69, 9.17) is 0 Å². The average molecular weight is 318 g/mol. The van der Waals surface area contributed by atoms with Crippen molar-refractivity contribution >= 4 is 24.2 Å². The smallest absolute Gasteiger partial charge is 0.0942 e. The molecule has 0 amide bonds. The predicted molar refractivity (Wildman–Crippen MR) is 92.0 cm³/mol. The summed E-state index contributed by atoms with van der Waals surface area (Å²) in [6, 6.07) is 8.45. The summed E-state index contributed by atoms with van der Waals surface area (Å²) in [7, 11) is 0. The summed E-state index contributed by atoms with van der Waals surface area (Å²) in [5, 5.41) is 13.9. The highest BCUT2D eigenvalue weighted by molar-refractivity contribution is 7.99. The molecule has 0 aliphatic carbocycles. The quantitative estimate of drug-likeness (QED) is 0.522. The number of aliphatic hydroxyl groups is 1. The van der Waals surface area contributed by atoms with E-state index in [1.165, 1.54) is 11.3 Å². The van der Waals surface area contributed by atoms with E-state index in [0.717, 1.165) is 30.7 Å². The van der Waals surface area contributed by atoms with Gasteiger partial charge in [0.2, 0.25) is 0 Å². The Hall–Kier alpha value is -0.220. The molecular weight excluding hydrogens is 290 g/mol. The van der Waals surface area contributed by atoms with Gasteiger partial charge in [-0.1, -0.05) is 39.3 Å². The largest absolute Gasteiger partial charge is 0.387 e. The number of thioether (sulfide) groups is 1. The van der Waals surface area contributed by atoms with Gasteiger partial charge >= 0.3 is 0 Å². The van der Waals surface area contributed by atoms with Crippen molar-refractivity contribution in [2.45, 2.75) is 57.1 Å². The second kappa shape index (κ2) is 11.4. The molecule has 0 aliphatic heterocycles.